The molecule has 1 aromatic heterocycles. The highest BCUT2D eigenvalue weighted by Gasteiger charge is 2.46. The lowest BCUT2D eigenvalue weighted by Crippen LogP contribution is -2.40. The number of hydrogen-bond donors (Lipinski definition) is 0. The number of nitrogens with zero attached hydrogens (tertiary/aromatic N) is 3. The molecule has 2 heterocycles. The molecule has 2 unspecified atom stereocenters. The van der Waals surface area contributed by atoms with Crippen molar-refractivity contribution in [3.8, 4) is 16.8 Å². The number of rotatable bonds is 11. The summed E-state index contributed by atoms with van der Waals surface area (Å²) in [5, 5.41) is 2.56. The molecule has 69 heavy (non-hydrogen) atoms. The molecule has 2 atom stereocenters. The first kappa shape index (κ1) is 45.4. The van der Waals surface area contributed by atoms with Crippen molar-refractivity contribution in [3.05, 3.63) is 238 Å². The molecule has 3 aliphatic rings. The second kappa shape index (κ2) is 18.3. The zero-order chi connectivity index (χ0) is 48.1. The molecule has 7 aromatic rings. The van der Waals surface area contributed by atoms with Gasteiger partial charge in [-0.1, -0.05) is 127 Å². The van der Waals surface area contributed by atoms with Gasteiger partial charge in [-0.2, -0.15) is 0 Å². The van der Waals surface area contributed by atoms with E-state index in [0.29, 0.717) is 5.92 Å². The van der Waals surface area contributed by atoms with E-state index < -0.39 is 0 Å². The molecular formula is C66H65N3. The van der Waals surface area contributed by atoms with Crippen LogP contribution >= 0.6 is 0 Å². The molecule has 0 fully saturated rings. The van der Waals surface area contributed by atoms with Gasteiger partial charge in [0.1, 0.15) is 0 Å². The van der Waals surface area contributed by atoms with Crippen LogP contribution in [0, 0.1) is 27.7 Å². The molecule has 3 nitrogen and oxygen atoms in total. The normalized spacial score (nSPS) is 18.1. The van der Waals surface area contributed by atoms with Gasteiger partial charge in [0.05, 0.1) is 22.3 Å². The van der Waals surface area contributed by atoms with Gasteiger partial charge in [-0.05, 0) is 195 Å². The number of hydrogen-bond acceptors (Lipinski definition) is 2. The van der Waals surface area contributed by atoms with Crippen LogP contribution in [0.4, 0.5) is 11.4 Å². The molecule has 6 aromatic carbocycles. The molecule has 0 bridgehead atoms. The van der Waals surface area contributed by atoms with Gasteiger partial charge in [0.2, 0.25) is 0 Å². The molecule has 1 aliphatic heterocycles. The minimum absolute atomic E-state index is 0.306. The van der Waals surface area contributed by atoms with Crippen molar-refractivity contribution in [2.45, 2.75) is 79.7 Å². The molecule has 344 valence electrons. The molecular weight excluding hydrogens is 835 g/mol. The zero-order valence-corrected chi connectivity index (χ0v) is 42.0. The van der Waals surface area contributed by atoms with Crippen molar-refractivity contribution < 1.29 is 0 Å². The van der Waals surface area contributed by atoms with E-state index in [9.17, 15) is 0 Å². The summed E-state index contributed by atoms with van der Waals surface area (Å²) in [6, 6.07) is 43.7. The van der Waals surface area contributed by atoms with Crippen LogP contribution in [0.5, 0.6) is 0 Å². The Hall–Kier alpha value is -7.36. The predicted octanol–water partition coefficient (Wildman–Crippen LogP) is 17.4. The van der Waals surface area contributed by atoms with E-state index in [1.807, 2.05) is 6.08 Å². The number of fused-ring (bicyclic) bond motifs is 6. The van der Waals surface area contributed by atoms with E-state index in [-0.39, 0.29) is 5.54 Å². The summed E-state index contributed by atoms with van der Waals surface area (Å²) in [7, 11) is 2.15. The SMILES string of the molecule is C=C/C=C(\C=C(/C)c1ccc2c(c1)c1cc(C3C=CC=CC3)ccc1n2-c1c(C)cc(C)cc1C)C1=CCC2(C)C(=C1)c1cc(-c3ccccc3)ccc1N2c1ccc(C)c(/C(C)=C/N(C)CC)c1. The van der Waals surface area contributed by atoms with E-state index in [4.69, 9.17) is 0 Å². The van der Waals surface area contributed by atoms with Gasteiger partial charge >= 0.3 is 0 Å². The maximum atomic E-state index is 4.23. The maximum absolute atomic E-state index is 4.23. The number of benzene rings is 6. The minimum atomic E-state index is -0.306. The lowest BCUT2D eigenvalue weighted by molar-refractivity contribution is 0.485. The van der Waals surface area contributed by atoms with Gasteiger partial charge < -0.3 is 14.4 Å². The molecule has 0 amide bonds. The molecule has 0 radical (unpaired) electrons. The summed E-state index contributed by atoms with van der Waals surface area (Å²) >= 11 is 0. The monoisotopic (exact) mass is 900 g/mol. The Bertz CT molecular complexity index is 3410. The number of aromatic nitrogens is 1. The van der Waals surface area contributed by atoms with Gasteiger partial charge in [-0.3, -0.25) is 0 Å². The fourth-order valence-corrected chi connectivity index (χ4v) is 11.5. The first-order chi connectivity index (χ1) is 33.4. The van der Waals surface area contributed by atoms with Crippen molar-refractivity contribution >= 4 is 49.9 Å². The number of aryl methyl sites for hydroxylation is 4. The topological polar surface area (TPSA) is 11.4 Å². The van der Waals surface area contributed by atoms with E-state index in [2.05, 4.69) is 253 Å². The van der Waals surface area contributed by atoms with E-state index in [0.717, 1.165) is 25.0 Å². The smallest absolute Gasteiger partial charge is 0.0716 e. The lowest BCUT2D eigenvalue weighted by Gasteiger charge is -2.40. The fourth-order valence-electron chi connectivity index (χ4n) is 11.5. The highest BCUT2D eigenvalue weighted by Crippen LogP contribution is 2.56. The predicted molar refractivity (Wildman–Crippen MR) is 299 cm³/mol. The van der Waals surface area contributed by atoms with Gasteiger partial charge in [0, 0.05) is 53.4 Å². The van der Waals surface area contributed by atoms with Gasteiger partial charge in [0.25, 0.3) is 0 Å². The third kappa shape index (κ3) is 8.18. The molecule has 2 aliphatic carbocycles. The molecule has 3 heteroatoms. The first-order valence-corrected chi connectivity index (χ1v) is 24.8. The largest absolute Gasteiger partial charge is 0.380 e. The van der Waals surface area contributed by atoms with Gasteiger partial charge in [0.15, 0.2) is 0 Å². The van der Waals surface area contributed by atoms with Crippen LogP contribution < -0.4 is 4.90 Å². The van der Waals surface area contributed by atoms with Crippen LogP contribution in [0.15, 0.2) is 194 Å². The Kier molecular flexibility index (Phi) is 12.0. The molecule has 0 spiro atoms. The van der Waals surface area contributed by atoms with Crippen LogP contribution in [0.25, 0.3) is 55.3 Å². The second-order valence-electron chi connectivity index (χ2n) is 19.9. The lowest BCUT2D eigenvalue weighted by atomic mass is 9.79. The Morgan fingerprint density at radius 1 is 0.783 bits per heavy atom. The Morgan fingerprint density at radius 2 is 1.54 bits per heavy atom. The van der Waals surface area contributed by atoms with Gasteiger partial charge in [-0.25, -0.2) is 0 Å². The number of anilines is 2. The van der Waals surface area contributed by atoms with Crippen molar-refractivity contribution in [2.75, 3.05) is 18.5 Å². The average molecular weight is 900 g/mol. The van der Waals surface area contributed by atoms with Gasteiger partial charge in [-0.15, -0.1) is 0 Å². The quantitative estimate of drug-likeness (QED) is 0.120. The number of allylic oxidation sites excluding steroid dienone is 12. The van der Waals surface area contributed by atoms with Crippen LogP contribution in [-0.2, 0) is 0 Å². The third-order valence-electron chi connectivity index (χ3n) is 15.1. The summed E-state index contributed by atoms with van der Waals surface area (Å²) in [5.74, 6) is 0.370. The zero-order valence-electron chi connectivity index (χ0n) is 42.0. The molecule has 0 saturated heterocycles. The Morgan fingerprint density at radius 3 is 2.26 bits per heavy atom. The Balaban J connectivity index is 1.08. The summed E-state index contributed by atoms with van der Waals surface area (Å²) < 4.78 is 2.50. The second-order valence-corrected chi connectivity index (χ2v) is 19.9. The molecule has 0 N–H and O–H groups in total. The van der Waals surface area contributed by atoms with Crippen molar-refractivity contribution in [1.29, 1.82) is 0 Å². The van der Waals surface area contributed by atoms with Crippen LogP contribution in [0.1, 0.15) is 91.0 Å². The van der Waals surface area contributed by atoms with Crippen LogP contribution in [0.2, 0.25) is 0 Å². The minimum Gasteiger partial charge on any atom is -0.380 e. The summed E-state index contributed by atoms with van der Waals surface area (Å²) in [5.41, 5.74) is 24.8. The van der Waals surface area contributed by atoms with Crippen molar-refractivity contribution in [2.24, 2.45) is 0 Å². The van der Waals surface area contributed by atoms with E-state index >= 15 is 0 Å². The maximum Gasteiger partial charge on any atom is 0.0716 e. The van der Waals surface area contributed by atoms with E-state index in [1.54, 1.807) is 0 Å². The molecule has 10 rings (SSSR count). The Labute approximate surface area is 410 Å². The summed E-state index contributed by atoms with van der Waals surface area (Å²) in [6.45, 7) is 23.2. The fraction of sp³-hybridized carbons (Fsp3) is 0.212. The van der Waals surface area contributed by atoms with Crippen molar-refractivity contribution in [1.82, 2.24) is 9.47 Å². The third-order valence-corrected chi connectivity index (χ3v) is 15.1. The summed E-state index contributed by atoms with van der Waals surface area (Å²) in [6.07, 6.45) is 24.5. The summed E-state index contributed by atoms with van der Waals surface area (Å²) in [4.78, 5) is 4.86. The standard InChI is InChI=1S/C66H65N3/c1-11-19-52(36-45(5)51-25-29-62-58(37-51)59-38-53(49-20-15-13-16-21-49)26-30-63(59)68(62)65-46(6)34-43(3)35-47(65)7)55-32-33-66(9)61(40-55)60-39-54(50-22-17-14-18-23-50)27-31-64(60)69(66)56-28-24-44(4)57(41-56)48(8)42-67(10)12-2/h11,13-20,22-32,34-42,49H,1,12,21,33H2,2-10H3/b45-36+,48-42+,52-19+. The van der Waals surface area contributed by atoms with Crippen LogP contribution in [-0.4, -0.2) is 28.6 Å². The average Bonchev–Trinajstić information content (AvgIpc) is 3.81. The molecule has 0 saturated carbocycles. The first-order valence-electron chi connectivity index (χ1n) is 24.8. The highest BCUT2D eigenvalue weighted by molar-refractivity contribution is 6.10. The van der Waals surface area contributed by atoms with Crippen molar-refractivity contribution in [3.63, 3.8) is 0 Å². The van der Waals surface area contributed by atoms with Crippen LogP contribution in [0.3, 0.4) is 0 Å². The highest BCUT2D eigenvalue weighted by atomic mass is 15.2. The van der Waals surface area contributed by atoms with E-state index in [1.165, 1.54) is 117 Å².